The molecule has 1 N–H and O–H groups in total. The summed E-state index contributed by atoms with van der Waals surface area (Å²) in [6, 6.07) is 0.289. The van der Waals surface area contributed by atoms with Crippen LogP contribution in [0.3, 0.4) is 0 Å². The number of hydrogen-bond donors (Lipinski definition) is 1. The Labute approximate surface area is 111 Å². The first-order valence-corrected chi connectivity index (χ1v) is 8.52. The summed E-state index contributed by atoms with van der Waals surface area (Å²) in [5.74, 6) is 0. The molecule has 0 aromatic heterocycles. The number of piperazine rings is 1. The maximum atomic E-state index is 11.7. The zero-order valence-corrected chi connectivity index (χ0v) is 12.2. The third-order valence-electron chi connectivity index (χ3n) is 4.02. The van der Waals surface area contributed by atoms with Gasteiger partial charge >= 0.3 is 0 Å². The number of likely N-dealkylation sites (N-methyl/N-ethyl adjacent to an activating group) is 1. The van der Waals surface area contributed by atoms with Gasteiger partial charge < -0.3 is 4.90 Å². The van der Waals surface area contributed by atoms with Crippen molar-refractivity contribution in [2.24, 2.45) is 0 Å². The lowest BCUT2D eigenvalue weighted by Crippen LogP contribution is -2.52. The van der Waals surface area contributed by atoms with Crippen molar-refractivity contribution < 1.29 is 8.42 Å². The molecule has 0 amide bonds. The van der Waals surface area contributed by atoms with Gasteiger partial charge in [0, 0.05) is 38.8 Å². The van der Waals surface area contributed by atoms with Crippen LogP contribution < -0.4 is 4.72 Å². The Morgan fingerprint density at radius 3 is 2.33 bits per heavy atom. The summed E-state index contributed by atoms with van der Waals surface area (Å²) >= 11 is 0. The molecule has 0 radical (unpaired) electrons. The van der Waals surface area contributed by atoms with Crippen molar-refractivity contribution in [3.8, 4) is 0 Å². The van der Waals surface area contributed by atoms with Crippen LogP contribution in [0, 0.1) is 0 Å². The summed E-state index contributed by atoms with van der Waals surface area (Å²) in [6.45, 7) is 10.2. The number of sulfonamides is 1. The minimum atomic E-state index is -3.02. The van der Waals surface area contributed by atoms with Crippen molar-refractivity contribution in [1.29, 1.82) is 0 Å². The van der Waals surface area contributed by atoms with Crippen molar-refractivity contribution in [1.82, 2.24) is 14.5 Å². The summed E-state index contributed by atoms with van der Waals surface area (Å²) in [6.07, 6.45) is 1.66. The molecule has 18 heavy (non-hydrogen) atoms. The molecule has 2 aliphatic rings. The Morgan fingerprint density at radius 1 is 1.22 bits per heavy atom. The van der Waals surface area contributed by atoms with Crippen LogP contribution in [0.2, 0.25) is 0 Å². The molecule has 1 saturated carbocycles. The summed E-state index contributed by atoms with van der Waals surface area (Å²) in [4.78, 5) is 4.80. The summed E-state index contributed by atoms with van der Waals surface area (Å²) in [5, 5.41) is -0.110. The fourth-order valence-corrected chi connectivity index (χ4v) is 3.85. The molecule has 0 bridgehead atoms. The SMILES string of the molecule is CCN1CCN([C@@H](C)CNS(=O)(=O)C2CC2)CC1. The first-order chi connectivity index (χ1) is 8.53. The number of rotatable bonds is 6. The van der Waals surface area contributed by atoms with Gasteiger partial charge in [-0.3, -0.25) is 4.90 Å². The van der Waals surface area contributed by atoms with Gasteiger partial charge in [-0.05, 0) is 26.3 Å². The minimum absolute atomic E-state index is 0.110. The van der Waals surface area contributed by atoms with E-state index in [9.17, 15) is 8.42 Å². The van der Waals surface area contributed by atoms with Crippen LogP contribution in [0.5, 0.6) is 0 Å². The highest BCUT2D eigenvalue weighted by Gasteiger charge is 2.35. The maximum Gasteiger partial charge on any atom is 0.214 e. The molecule has 2 rings (SSSR count). The van der Waals surface area contributed by atoms with E-state index in [1.807, 2.05) is 0 Å². The second-order valence-electron chi connectivity index (χ2n) is 5.41. The average Bonchev–Trinajstić information content (AvgIpc) is 3.21. The van der Waals surface area contributed by atoms with Gasteiger partial charge in [-0.25, -0.2) is 13.1 Å². The Bertz CT molecular complexity index is 360. The molecule has 106 valence electrons. The van der Waals surface area contributed by atoms with Crippen LogP contribution in [0.4, 0.5) is 0 Å². The first kappa shape index (κ1) is 14.2. The fraction of sp³-hybridized carbons (Fsp3) is 1.00. The van der Waals surface area contributed by atoms with Gasteiger partial charge in [0.05, 0.1) is 5.25 Å². The van der Waals surface area contributed by atoms with Crippen molar-refractivity contribution in [3.63, 3.8) is 0 Å². The van der Waals surface area contributed by atoms with Gasteiger partial charge in [-0.15, -0.1) is 0 Å². The van der Waals surface area contributed by atoms with Crippen LogP contribution in [-0.2, 0) is 10.0 Å². The Hall–Kier alpha value is -0.170. The molecule has 0 unspecified atom stereocenters. The largest absolute Gasteiger partial charge is 0.301 e. The lowest BCUT2D eigenvalue weighted by molar-refractivity contribution is 0.107. The standard InChI is InChI=1S/C12H25N3O2S/c1-3-14-6-8-15(9-7-14)11(2)10-13-18(16,17)12-4-5-12/h11-13H,3-10H2,1-2H3/t11-/m0/s1. The highest BCUT2D eigenvalue weighted by molar-refractivity contribution is 7.90. The number of hydrogen-bond acceptors (Lipinski definition) is 4. The fourth-order valence-electron chi connectivity index (χ4n) is 2.38. The summed E-state index contributed by atoms with van der Waals surface area (Å²) in [7, 11) is -3.02. The Morgan fingerprint density at radius 2 is 1.83 bits per heavy atom. The molecule has 0 spiro atoms. The second kappa shape index (κ2) is 5.86. The third kappa shape index (κ3) is 3.66. The zero-order chi connectivity index (χ0) is 13.2. The molecule has 5 nitrogen and oxygen atoms in total. The van der Waals surface area contributed by atoms with Crippen LogP contribution in [0.15, 0.2) is 0 Å². The molecule has 1 aliphatic carbocycles. The van der Waals surface area contributed by atoms with Crippen LogP contribution in [-0.4, -0.2) is 68.8 Å². The van der Waals surface area contributed by atoms with Crippen molar-refractivity contribution in [2.45, 2.75) is 38.0 Å². The molecule has 1 saturated heterocycles. The topological polar surface area (TPSA) is 52.6 Å². The minimum Gasteiger partial charge on any atom is -0.301 e. The predicted octanol–water partition coefficient (Wildman–Crippen LogP) is 0.0942. The molecule has 2 fully saturated rings. The van der Waals surface area contributed by atoms with E-state index in [0.717, 1.165) is 45.6 Å². The Balaban J connectivity index is 1.73. The lowest BCUT2D eigenvalue weighted by Gasteiger charge is -2.37. The zero-order valence-electron chi connectivity index (χ0n) is 11.4. The van der Waals surface area contributed by atoms with E-state index in [-0.39, 0.29) is 11.3 Å². The lowest BCUT2D eigenvalue weighted by atomic mass is 10.2. The third-order valence-corrected chi connectivity index (χ3v) is 5.94. The highest BCUT2D eigenvalue weighted by atomic mass is 32.2. The van der Waals surface area contributed by atoms with Crippen molar-refractivity contribution in [2.75, 3.05) is 39.3 Å². The first-order valence-electron chi connectivity index (χ1n) is 6.98. The molecule has 1 aliphatic heterocycles. The monoisotopic (exact) mass is 275 g/mol. The second-order valence-corrected chi connectivity index (χ2v) is 7.46. The van der Waals surface area contributed by atoms with Crippen molar-refractivity contribution >= 4 is 10.0 Å². The highest BCUT2D eigenvalue weighted by Crippen LogP contribution is 2.27. The van der Waals surface area contributed by atoms with E-state index in [1.54, 1.807) is 0 Å². The van der Waals surface area contributed by atoms with Crippen LogP contribution in [0.25, 0.3) is 0 Å². The van der Waals surface area contributed by atoms with E-state index < -0.39 is 10.0 Å². The molecule has 6 heteroatoms. The maximum absolute atomic E-state index is 11.7. The smallest absolute Gasteiger partial charge is 0.214 e. The van der Waals surface area contributed by atoms with E-state index in [0.29, 0.717) is 6.54 Å². The molecule has 1 heterocycles. The Kier molecular flexibility index (Phi) is 4.64. The predicted molar refractivity (Wildman–Crippen MR) is 73.1 cm³/mol. The van der Waals surface area contributed by atoms with Crippen LogP contribution in [0.1, 0.15) is 26.7 Å². The van der Waals surface area contributed by atoms with Gasteiger partial charge in [0.1, 0.15) is 0 Å². The van der Waals surface area contributed by atoms with E-state index >= 15 is 0 Å². The van der Waals surface area contributed by atoms with Crippen LogP contribution >= 0.6 is 0 Å². The van der Waals surface area contributed by atoms with E-state index in [4.69, 9.17) is 0 Å². The van der Waals surface area contributed by atoms with E-state index in [2.05, 4.69) is 28.4 Å². The van der Waals surface area contributed by atoms with Gasteiger partial charge in [-0.2, -0.15) is 0 Å². The molecular weight excluding hydrogens is 250 g/mol. The van der Waals surface area contributed by atoms with Crippen molar-refractivity contribution in [3.05, 3.63) is 0 Å². The molecular formula is C12H25N3O2S. The summed E-state index contributed by atoms with van der Waals surface area (Å²) in [5.41, 5.74) is 0. The quantitative estimate of drug-likeness (QED) is 0.747. The molecule has 0 aromatic carbocycles. The normalized spacial score (nSPS) is 25.2. The van der Waals surface area contributed by atoms with Gasteiger partial charge in [0.15, 0.2) is 0 Å². The summed E-state index contributed by atoms with van der Waals surface area (Å²) < 4.78 is 26.2. The van der Waals surface area contributed by atoms with Gasteiger partial charge in [0.25, 0.3) is 0 Å². The van der Waals surface area contributed by atoms with E-state index in [1.165, 1.54) is 0 Å². The number of nitrogens with one attached hydrogen (secondary N) is 1. The van der Waals surface area contributed by atoms with Gasteiger partial charge in [-0.1, -0.05) is 6.92 Å². The average molecular weight is 275 g/mol. The molecule has 0 aromatic rings. The number of nitrogens with zero attached hydrogens (tertiary/aromatic N) is 2. The molecule has 1 atom stereocenters. The van der Waals surface area contributed by atoms with Gasteiger partial charge in [0.2, 0.25) is 10.0 Å².